The maximum Gasteiger partial charge on any atom is 0.236 e. The molecule has 1 amide bonds. The summed E-state index contributed by atoms with van der Waals surface area (Å²) in [5, 5.41) is 14.5. The third kappa shape index (κ3) is 3.65. The van der Waals surface area contributed by atoms with E-state index in [0.29, 0.717) is 18.0 Å². The number of nitriles is 1. The molecule has 1 rings (SSSR count). The summed E-state index contributed by atoms with van der Waals surface area (Å²) in [6.07, 6.45) is 0. The predicted octanol–water partition coefficient (Wildman–Crippen LogP) is 1.23. The third-order valence-electron chi connectivity index (χ3n) is 2.10. The summed E-state index contributed by atoms with van der Waals surface area (Å²) in [5.74, 6) is -0.000405. The lowest BCUT2D eigenvalue weighted by Gasteiger charge is -2.12. The van der Waals surface area contributed by atoms with Crippen LogP contribution in [0.2, 0.25) is 0 Å². The van der Waals surface area contributed by atoms with Crippen LogP contribution in [0.25, 0.3) is 0 Å². The van der Waals surface area contributed by atoms with E-state index < -0.39 is 0 Å². The highest BCUT2D eigenvalue weighted by Gasteiger charge is 2.10. The summed E-state index contributed by atoms with van der Waals surface area (Å²) < 4.78 is 0. The van der Waals surface area contributed by atoms with E-state index in [1.807, 2.05) is 19.9 Å². The van der Waals surface area contributed by atoms with Crippen molar-refractivity contribution in [2.75, 3.05) is 6.54 Å². The molecule has 1 atom stereocenters. The molecular formula is C11H15N3OS. The van der Waals surface area contributed by atoms with Gasteiger partial charge in [-0.05, 0) is 26.0 Å². The van der Waals surface area contributed by atoms with Gasteiger partial charge in [0.1, 0.15) is 10.9 Å². The topological polar surface area (TPSA) is 64.9 Å². The zero-order valence-electron chi connectivity index (χ0n) is 9.41. The summed E-state index contributed by atoms with van der Waals surface area (Å²) in [7, 11) is 0. The van der Waals surface area contributed by atoms with E-state index in [1.165, 1.54) is 11.3 Å². The monoisotopic (exact) mass is 237 g/mol. The van der Waals surface area contributed by atoms with Gasteiger partial charge in [-0.25, -0.2) is 0 Å². The standard InChI is InChI=1S/C11H15N3OS/c1-3-13-11(15)8(2)14-7-10-5-4-9(6-12)16-10/h4-5,8,14H,3,7H2,1-2H3,(H,13,15). The van der Waals surface area contributed by atoms with Gasteiger partial charge in [-0.3, -0.25) is 4.79 Å². The van der Waals surface area contributed by atoms with E-state index in [1.54, 1.807) is 6.07 Å². The van der Waals surface area contributed by atoms with Gasteiger partial charge in [0.2, 0.25) is 5.91 Å². The summed E-state index contributed by atoms with van der Waals surface area (Å²) in [6, 6.07) is 5.57. The van der Waals surface area contributed by atoms with E-state index in [4.69, 9.17) is 5.26 Å². The van der Waals surface area contributed by atoms with Crippen molar-refractivity contribution in [3.63, 3.8) is 0 Å². The van der Waals surface area contributed by atoms with Crippen LogP contribution in [0.5, 0.6) is 0 Å². The molecule has 1 aromatic heterocycles. The van der Waals surface area contributed by atoms with Crippen LogP contribution in [0, 0.1) is 11.3 Å². The Morgan fingerprint density at radius 3 is 2.94 bits per heavy atom. The van der Waals surface area contributed by atoms with Crippen LogP contribution in [-0.2, 0) is 11.3 Å². The number of rotatable bonds is 5. The first-order valence-corrected chi connectivity index (χ1v) is 5.99. The number of carbonyl (C=O) groups is 1. The van der Waals surface area contributed by atoms with Crippen molar-refractivity contribution < 1.29 is 4.79 Å². The Balaban J connectivity index is 2.40. The molecule has 0 bridgehead atoms. The number of nitrogens with one attached hydrogen (secondary N) is 2. The second kappa shape index (κ2) is 6.26. The van der Waals surface area contributed by atoms with Gasteiger partial charge < -0.3 is 10.6 Å². The van der Waals surface area contributed by atoms with Gasteiger partial charge >= 0.3 is 0 Å². The minimum absolute atomic E-state index is 0.000405. The van der Waals surface area contributed by atoms with Gasteiger partial charge in [-0.1, -0.05) is 0 Å². The van der Waals surface area contributed by atoms with Gasteiger partial charge in [0, 0.05) is 18.0 Å². The smallest absolute Gasteiger partial charge is 0.236 e. The molecule has 1 heterocycles. The molecule has 1 aromatic rings. The molecule has 16 heavy (non-hydrogen) atoms. The lowest BCUT2D eigenvalue weighted by Crippen LogP contribution is -2.41. The zero-order valence-corrected chi connectivity index (χ0v) is 10.2. The van der Waals surface area contributed by atoms with Crippen LogP contribution in [-0.4, -0.2) is 18.5 Å². The molecule has 0 aliphatic rings. The average Bonchev–Trinajstić information content (AvgIpc) is 2.74. The lowest BCUT2D eigenvalue weighted by atomic mass is 10.3. The van der Waals surface area contributed by atoms with E-state index >= 15 is 0 Å². The first-order chi connectivity index (χ1) is 7.67. The number of likely N-dealkylation sites (N-methyl/N-ethyl adjacent to an activating group) is 1. The summed E-state index contributed by atoms with van der Waals surface area (Å²) in [5.41, 5.74) is 0. The normalized spacial score (nSPS) is 11.8. The van der Waals surface area contributed by atoms with Gasteiger partial charge in [-0.15, -0.1) is 11.3 Å². The fraction of sp³-hybridized carbons (Fsp3) is 0.455. The molecule has 5 heteroatoms. The Bertz CT molecular complexity index is 394. The van der Waals surface area contributed by atoms with Crippen molar-refractivity contribution in [1.82, 2.24) is 10.6 Å². The number of hydrogen-bond acceptors (Lipinski definition) is 4. The molecule has 0 aliphatic carbocycles. The van der Waals surface area contributed by atoms with Crippen molar-refractivity contribution in [3.05, 3.63) is 21.9 Å². The van der Waals surface area contributed by atoms with Gasteiger partial charge in [0.25, 0.3) is 0 Å². The fourth-order valence-corrected chi connectivity index (χ4v) is 1.96. The lowest BCUT2D eigenvalue weighted by molar-refractivity contribution is -0.122. The minimum Gasteiger partial charge on any atom is -0.355 e. The van der Waals surface area contributed by atoms with Crippen LogP contribution in [0.1, 0.15) is 23.6 Å². The summed E-state index contributed by atoms with van der Waals surface area (Å²) >= 11 is 1.44. The highest BCUT2D eigenvalue weighted by Crippen LogP contribution is 2.14. The van der Waals surface area contributed by atoms with E-state index in [-0.39, 0.29) is 11.9 Å². The predicted molar refractivity (Wildman–Crippen MR) is 64.0 cm³/mol. The average molecular weight is 237 g/mol. The Morgan fingerprint density at radius 2 is 2.38 bits per heavy atom. The van der Waals surface area contributed by atoms with Gasteiger partial charge in [-0.2, -0.15) is 5.26 Å². The van der Waals surface area contributed by atoms with E-state index in [2.05, 4.69) is 16.7 Å². The number of thiophene rings is 1. The van der Waals surface area contributed by atoms with Crippen LogP contribution >= 0.6 is 11.3 Å². The summed E-state index contributed by atoms with van der Waals surface area (Å²) in [6.45, 7) is 4.97. The molecule has 0 radical (unpaired) electrons. The Hall–Kier alpha value is -1.38. The van der Waals surface area contributed by atoms with Crippen LogP contribution in [0.4, 0.5) is 0 Å². The third-order valence-corrected chi connectivity index (χ3v) is 3.09. The summed E-state index contributed by atoms with van der Waals surface area (Å²) in [4.78, 5) is 13.2. The quantitative estimate of drug-likeness (QED) is 0.809. The largest absolute Gasteiger partial charge is 0.355 e. The molecule has 2 N–H and O–H groups in total. The first-order valence-electron chi connectivity index (χ1n) is 5.17. The molecule has 0 fully saturated rings. The molecule has 0 saturated carbocycles. The SMILES string of the molecule is CCNC(=O)C(C)NCc1ccc(C#N)s1. The van der Waals surface area contributed by atoms with Crippen molar-refractivity contribution in [1.29, 1.82) is 5.26 Å². The molecule has 0 aromatic carbocycles. The molecule has 0 saturated heterocycles. The van der Waals surface area contributed by atoms with Crippen LogP contribution in [0.3, 0.4) is 0 Å². The van der Waals surface area contributed by atoms with E-state index in [9.17, 15) is 4.79 Å². The highest BCUT2D eigenvalue weighted by atomic mass is 32.1. The highest BCUT2D eigenvalue weighted by molar-refractivity contribution is 7.12. The van der Waals surface area contributed by atoms with Crippen molar-refractivity contribution >= 4 is 17.2 Å². The van der Waals surface area contributed by atoms with Gasteiger partial charge in [0.05, 0.1) is 6.04 Å². The van der Waals surface area contributed by atoms with Gasteiger partial charge in [0.15, 0.2) is 0 Å². The number of amides is 1. The first kappa shape index (κ1) is 12.7. The maximum atomic E-state index is 11.4. The molecule has 86 valence electrons. The van der Waals surface area contributed by atoms with E-state index in [0.717, 1.165) is 4.88 Å². The Kier molecular flexibility index (Phi) is 4.96. The minimum atomic E-state index is -0.215. The fourth-order valence-electron chi connectivity index (χ4n) is 1.21. The number of carbonyl (C=O) groups excluding carboxylic acids is 1. The number of nitrogens with zero attached hydrogens (tertiary/aromatic N) is 1. The molecule has 0 spiro atoms. The second-order valence-electron chi connectivity index (χ2n) is 3.37. The Labute approximate surface area is 99.3 Å². The maximum absolute atomic E-state index is 11.4. The van der Waals surface area contributed by atoms with Crippen molar-refractivity contribution in [3.8, 4) is 6.07 Å². The molecule has 1 unspecified atom stereocenters. The zero-order chi connectivity index (χ0) is 12.0. The Morgan fingerprint density at radius 1 is 1.62 bits per heavy atom. The molecule has 0 aliphatic heterocycles. The number of hydrogen-bond donors (Lipinski definition) is 2. The van der Waals surface area contributed by atoms with Crippen molar-refractivity contribution in [2.45, 2.75) is 26.4 Å². The molecular weight excluding hydrogens is 222 g/mol. The second-order valence-corrected chi connectivity index (χ2v) is 4.54. The molecule has 4 nitrogen and oxygen atoms in total. The van der Waals surface area contributed by atoms with Crippen LogP contribution < -0.4 is 10.6 Å². The van der Waals surface area contributed by atoms with Crippen molar-refractivity contribution in [2.24, 2.45) is 0 Å². The van der Waals surface area contributed by atoms with Crippen LogP contribution in [0.15, 0.2) is 12.1 Å².